The average molecular weight is 316 g/mol. The second-order valence-electron chi connectivity index (χ2n) is 6.46. The lowest BCUT2D eigenvalue weighted by atomic mass is 10.0. The number of rotatable bonds is 6. The van der Waals surface area contributed by atoms with E-state index in [2.05, 4.69) is 10.2 Å². The molecule has 0 spiro atoms. The molecule has 4 heteroatoms. The van der Waals surface area contributed by atoms with Crippen molar-refractivity contribution < 1.29 is 9.59 Å². The van der Waals surface area contributed by atoms with Crippen LogP contribution in [0.2, 0.25) is 0 Å². The number of nitrogens with one attached hydrogen (secondary N) is 1. The lowest BCUT2D eigenvalue weighted by Crippen LogP contribution is -2.46. The Morgan fingerprint density at radius 3 is 2.26 bits per heavy atom. The molecule has 1 aliphatic rings. The number of hydrogen-bond acceptors (Lipinski definition) is 3. The van der Waals surface area contributed by atoms with Gasteiger partial charge in [-0.15, -0.1) is 0 Å². The molecule has 1 heterocycles. The van der Waals surface area contributed by atoms with Gasteiger partial charge in [-0.25, -0.2) is 0 Å². The van der Waals surface area contributed by atoms with Crippen molar-refractivity contribution in [3.05, 3.63) is 35.9 Å². The molecule has 1 amide bonds. The van der Waals surface area contributed by atoms with Crippen molar-refractivity contribution in [1.29, 1.82) is 0 Å². The lowest BCUT2D eigenvalue weighted by molar-refractivity contribution is -0.127. The summed E-state index contributed by atoms with van der Waals surface area (Å²) in [4.78, 5) is 26.4. The first-order valence-corrected chi connectivity index (χ1v) is 8.71. The predicted octanol–water partition coefficient (Wildman–Crippen LogP) is 2.57. The molecule has 126 valence electrons. The first-order chi connectivity index (χ1) is 11.1. The van der Waals surface area contributed by atoms with Crippen LogP contribution in [0.4, 0.5) is 0 Å². The number of benzene rings is 1. The monoisotopic (exact) mass is 316 g/mol. The van der Waals surface area contributed by atoms with Crippen LogP contribution in [0, 0.1) is 0 Å². The Bertz CT molecular complexity index is 493. The summed E-state index contributed by atoms with van der Waals surface area (Å²) in [6, 6.07) is 9.40. The summed E-state index contributed by atoms with van der Waals surface area (Å²) >= 11 is 0. The zero-order valence-corrected chi connectivity index (χ0v) is 14.1. The SMILES string of the molecule is CC(=O)[C@H](Cc1ccccc1)NC(=O)CN1CCCCCCC1. The molecule has 1 atom stereocenters. The van der Waals surface area contributed by atoms with Gasteiger partial charge in [0, 0.05) is 0 Å². The molecule has 1 aliphatic heterocycles. The van der Waals surface area contributed by atoms with E-state index >= 15 is 0 Å². The van der Waals surface area contributed by atoms with Crippen LogP contribution in [-0.4, -0.2) is 42.3 Å². The molecule has 2 rings (SSSR count). The summed E-state index contributed by atoms with van der Waals surface area (Å²) in [5, 5.41) is 2.92. The first-order valence-electron chi connectivity index (χ1n) is 8.71. The first kappa shape index (κ1) is 17.7. The van der Waals surface area contributed by atoms with E-state index in [0.29, 0.717) is 13.0 Å². The standard InChI is InChI=1S/C19H28N2O2/c1-16(22)18(14-17-10-6-5-7-11-17)20-19(23)15-21-12-8-3-2-4-9-13-21/h5-7,10-11,18H,2-4,8-9,12-15H2,1H3,(H,20,23)/t18-/m0/s1. The van der Waals surface area contributed by atoms with Crippen LogP contribution in [0.25, 0.3) is 0 Å². The van der Waals surface area contributed by atoms with Crippen LogP contribution in [0.3, 0.4) is 0 Å². The number of ketones is 1. The quantitative estimate of drug-likeness (QED) is 0.877. The molecule has 4 nitrogen and oxygen atoms in total. The summed E-state index contributed by atoms with van der Waals surface area (Å²) in [7, 11) is 0. The van der Waals surface area contributed by atoms with E-state index in [1.807, 2.05) is 30.3 Å². The number of carbonyl (C=O) groups is 2. The van der Waals surface area contributed by atoms with Crippen LogP contribution in [0.1, 0.15) is 44.6 Å². The predicted molar refractivity (Wildman–Crippen MR) is 92.3 cm³/mol. The molecule has 1 fully saturated rings. The van der Waals surface area contributed by atoms with Gasteiger partial charge in [0.1, 0.15) is 0 Å². The van der Waals surface area contributed by atoms with Crippen molar-refractivity contribution in [3.8, 4) is 0 Å². The number of Topliss-reactive ketones (excluding diaryl/α,β-unsaturated/α-hetero) is 1. The van der Waals surface area contributed by atoms with Crippen LogP contribution < -0.4 is 5.32 Å². The van der Waals surface area contributed by atoms with Gasteiger partial charge in [-0.3, -0.25) is 14.5 Å². The minimum absolute atomic E-state index is 0.00914. The Balaban J connectivity index is 1.86. The molecule has 0 aromatic heterocycles. The van der Waals surface area contributed by atoms with E-state index in [4.69, 9.17) is 0 Å². The fourth-order valence-corrected chi connectivity index (χ4v) is 3.06. The fraction of sp³-hybridized carbons (Fsp3) is 0.579. The number of amides is 1. The molecular weight excluding hydrogens is 288 g/mol. The molecule has 1 aromatic carbocycles. The van der Waals surface area contributed by atoms with E-state index in [9.17, 15) is 9.59 Å². The second kappa shape index (κ2) is 9.46. The Morgan fingerprint density at radius 1 is 1.04 bits per heavy atom. The molecule has 0 aliphatic carbocycles. The van der Waals surface area contributed by atoms with Crippen molar-refractivity contribution in [1.82, 2.24) is 10.2 Å². The maximum absolute atomic E-state index is 12.3. The molecule has 0 saturated carbocycles. The maximum atomic E-state index is 12.3. The number of likely N-dealkylation sites (tertiary alicyclic amines) is 1. The van der Waals surface area contributed by atoms with E-state index < -0.39 is 6.04 Å². The smallest absolute Gasteiger partial charge is 0.234 e. The van der Waals surface area contributed by atoms with E-state index in [1.54, 1.807) is 6.92 Å². The van der Waals surface area contributed by atoms with Gasteiger partial charge in [0.15, 0.2) is 5.78 Å². The zero-order valence-electron chi connectivity index (χ0n) is 14.1. The van der Waals surface area contributed by atoms with E-state index in [0.717, 1.165) is 31.5 Å². The minimum atomic E-state index is -0.431. The normalized spacial score (nSPS) is 17.8. The largest absolute Gasteiger partial charge is 0.345 e. The molecule has 23 heavy (non-hydrogen) atoms. The fourth-order valence-electron chi connectivity index (χ4n) is 3.06. The van der Waals surface area contributed by atoms with Gasteiger partial charge in [0.05, 0.1) is 12.6 Å². The zero-order chi connectivity index (χ0) is 16.5. The van der Waals surface area contributed by atoms with Gasteiger partial charge in [0.25, 0.3) is 0 Å². The third kappa shape index (κ3) is 6.53. The van der Waals surface area contributed by atoms with Gasteiger partial charge >= 0.3 is 0 Å². The molecule has 1 N–H and O–H groups in total. The topological polar surface area (TPSA) is 49.4 Å². The number of carbonyl (C=O) groups excluding carboxylic acids is 2. The van der Waals surface area contributed by atoms with Crippen LogP contribution in [0.5, 0.6) is 0 Å². The molecular formula is C19H28N2O2. The van der Waals surface area contributed by atoms with Crippen molar-refractivity contribution in [3.63, 3.8) is 0 Å². The minimum Gasteiger partial charge on any atom is -0.345 e. The van der Waals surface area contributed by atoms with Crippen LogP contribution >= 0.6 is 0 Å². The molecule has 0 radical (unpaired) electrons. The van der Waals surface area contributed by atoms with Crippen LogP contribution in [0.15, 0.2) is 30.3 Å². The van der Waals surface area contributed by atoms with Gasteiger partial charge < -0.3 is 5.32 Å². The van der Waals surface area contributed by atoms with Crippen molar-refractivity contribution >= 4 is 11.7 Å². The average Bonchev–Trinajstić information content (AvgIpc) is 2.50. The molecule has 1 aromatic rings. The highest BCUT2D eigenvalue weighted by Crippen LogP contribution is 2.10. The lowest BCUT2D eigenvalue weighted by Gasteiger charge is -2.25. The number of hydrogen-bond donors (Lipinski definition) is 1. The van der Waals surface area contributed by atoms with Gasteiger partial charge in [-0.1, -0.05) is 49.6 Å². The Morgan fingerprint density at radius 2 is 1.65 bits per heavy atom. The Hall–Kier alpha value is -1.68. The van der Waals surface area contributed by atoms with Gasteiger partial charge in [-0.2, -0.15) is 0 Å². The highest BCUT2D eigenvalue weighted by atomic mass is 16.2. The third-order valence-corrected chi connectivity index (χ3v) is 4.42. The second-order valence-corrected chi connectivity index (χ2v) is 6.46. The number of nitrogens with zero attached hydrogens (tertiary/aromatic N) is 1. The van der Waals surface area contributed by atoms with Crippen molar-refractivity contribution in [2.45, 2.75) is 51.5 Å². The van der Waals surface area contributed by atoms with Crippen LogP contribution in [-0.2, 0) is 16.0 Å². The maximum Gasteiger partial charge on any atom is 0.234 e. The molecule has 1 saturated heterocycles. The van der Waals surface area contributed by atoms with Crippen molar-refractivity contribution in [2.24, 2.45) is 0 Å². The summed E-state index contributed by atoms with van der Waals surface area (Å²) in [5.41, 5.74) is 1.07. The van der Waals surface area contributed by atoms with Gasteiger partial charge in [0.2, 0.25) is 5.91 Å². The summed E-state index contributed by atoms with van der Waals surface area (Å²) in [6.07, 6.45) is 6.69. The third-order valence-electron chi connectivity index (χ3n) is 4.42. The Kier molecular flexibility index (Phi) is 7.27. The highest BCUT2D eigenvalue weighted by molar-refractivity contribution is 5.88. The molecule has 0 bridgehead atoms. The van der Waals surface area contributed by atoms with E-state index in [-0.39, 0.29) is 11.7 Å². The van der Waals surface area contributed by atoms with Gasteiger partial charge in [-0.05, 0) is 44.8 Å². The summed E-state index contributed by atoms with van der Waals surface area (Å²) in [5.74, 6) is -0.0309. The molecule has 0 unspecified atom stereocenters. The summed E-state index contributed by atoms with van der Waals surface area (Å²) < 4.78 is 0. The van der Waals surface area contributed by atoms with Crippen molar-refractivity contribution in [2.75, 3.05) is 19.6 Å². The Labute approximate surface area is 139 Å². The van der Waals surface area contributed by atoms with E-state index in [1.165, 1.54) is 19.3 Å². The highest BCUT2D eigenvalue weighted by Gasteiger charge is 2.19. The summed E-state index contributed by atoms with van der Waals surface area (Å²) in [6.45, 7) is 3.91.